The molecule has 1 saturated heterocycles. The molecule has 2 aromatic heterocycles. The van der Waals surface area contributed by atoms with Gasteiger partial charge in [0.2, 0.25) is 0 Å². The number of amides is 1. The van der Waals surface area contributed by atoms with Crippen LogP contribution in [0.3, 0.4) is 0 Å². The number of rotatable bonds is 4. The van der Waals surface area contributed by atoms with E-state index in [1.165, 1.54) is 4.88 Å². The third kappa shape index (κ3) is 3.91. The predicted molar refractivity (Wildman–Crippen MR) is 127 cm³/mol. The number of thiophene rings is 1. The van der Waals surface area contributed by atoms with Crippen molar-refractivity contribution in [2.75, 3.05) is 31.1 Å². The number of fused-ring (bicyclic) bond motifs is 1. The van der Waals surface area contributed by atoms with Crippen molar-refractivity contribution in [2.45, 2.75) is 13.3 Å². The first-order valence-electron chi connectivity index (χ1n) is 10.8. The van der Waals surface area contributed by atoms with Crippen LogP contribution in [0.15, 0.2) is 60.7 Å². The van der Waals surface area contributed by atoms with Crippen molar-refractivity contribution in [1.29, 1.82) is 0 Å². The van der Waals surface area contributed by atoms with Crippen LogP contribution in [0.5, 0.6) is 6.01 Å². The van der Waals surface area contributed by atoms with Gasteiger partial charge in [-0.2, -0.15) is 9.97 Å². The SMILES string of the molecule is CCc1cc2c(N3CCN(C(=O)c4cccc(-c5ccccc5)c4)CC3)nc([O])nc2s1. The van der Waals surface area contributed by atoms with Crippen LogP contribution < -0.4 is 4.90 Å². The van der Waals surface area contributed by atoms with E-state index in [0.29, 0.717) is 37.6 Å². The Hall–Kier alpha value is -3.45. The zero-order chi connectivity index (χ0) is 22.1. The summed E-state index contributed by atoms with van der Waals surface area (Å²) in [4.78, 5) is 27.4. The molecule has 0 spiro atoms. The first kappa shape index (κ1) is 20.5. The molecule has 3 heterocycles. The molecule has 0 bridgehead atoms. The highest BCUT2D eigenvalue weighted by Crippen LogP contribution is 2.33. The largest absolute Gasteiger partial charge is 0.370 e. The summed E-state index contributed by atoms with van der Waals surface area (Å²) in [5.74, 6) is 0.720. The summed E-state index contributed by atoms with van der Waals surface area (Å²) in [6.45, 7) is 4.52. The summed E-state index contributed by atoms with van der Waals surface area (Å²) in [5.41, 5.74) is 2.82. The molecule has 5 rings (SSSR count). The Morgan fingerprint density at radius 1 is 0.938 bits per heavy atom. The lowest BCUT2D eigenvalue weighted by molar-refractivity contribution is 0.0746. The van der Waals surface area contributed by atoms with Gasteiger partial charge in [0.15, 0.2) is 0 Å². The first-order chi connectivity index (χ1) is 15.6. The van der Waals surface area contributed by atoms with Crippen molar-refractivity contribution in [2.24, 2.45) is 0 Å². The maximum Gasteiger partial charge on any atom is 0.370 e. The zero-order valence-electron chi connectivity index (χ0n) is 17.8. The fraction of sp³-hybridized carbons (Fsp3) is 0.240. The second-order valence-corrected chi connectivity index (χ2v) is 8.96. The Bertz CT molecular complexity index is 1260. The minimum atomic E-state index is -0.451. The smallest absolute Gasteiger partial charge is 0.352 e. The van der Waals surface area contributed by atoms with Crippen molar-refractivity contribution < 1.29 is 9.90 Å². The van der Waals surface area contributed by atoms with Crippen molar-refractivity contribution in [3.8, 4) is 17.1 Å². The minimum Gasteiger partial charge on any atom is -0.352 e. The lowest BCUT2D eigenvalue weighted by Crippen LogP contribution is -2.49. The monoisotopic (exact) mass is 443 g/mol. The topological polar surface area (TPSA) is 69.2 Å². The molecule has 4 aromatic rings. The van der Waals surface area contributed by atoms with Crippen molar-refractivity contribution in [3.63, 3.8) is 0 Å². The van der Waals surface area contributed by atoms with E-state index in [-0.39, 0.29) is 5.91 Å². The minimum absolute atomic E-state index is 0.0311. The van der Waals surface area contributed by atoms with E-state index < -0.39 is 6.01 Å². The number of hydrogen-bond donors (Lipinski definition) is 0. The van der Waals surface area contributed by atoms with Crippen LogP contribution in [0, 0.1) is 0 Å². The van der Waals surface area contributed by atoms with Gasteiger partial charge in [0.25, 0.3) is 5.91 Å². The number of benzene rings is 2. The highest BCUT2D eigenvalue weighted by molar-refractivity contribution is 7.18. The summed E-state index contributed by atoms with van der Waals surface area (Å²) < 4.78 is 0. The fourth-order valence-electron chi connectivity index (χ4n) is 4.12. The Morgan fingerprint density at radius 3 is 2.44 bits per heavy atom. The molecule has 0 N–H and O–H groups in total. The standard InChI is InChI=1S/C25H23N4O2S/c1-2-20-16-21-22(26-25(31)27-23(21)32-20)28-11-13-29(14-12-28)24(30)19-10-6-9-18(15-19)17-7-4-3-5-8-17/h3-10,15-16H,2,11-14H2,1H3. The van der Waals surface area contributed by atoms with Gasteiger partial charge in [-0.05, 0) is 35.7 Å². The second kappa shape index (κ2) is 8.59. The van der Waals surface area contributed by atoms with E-state index in [4.69, 9.17) is 0 Å². The Labute approximate surface area is 190 Å². The van der Waals surface area contributed by atoms with Crippen LogP contribution in [0.2, 0.25) is 0 Å². The van der Waals surface area contributed by atoms with E-state index in [1.54, 1.807) is 11.3 Å². The molecule has 0 atom stereocenters. The number of nitrogens with zero attached hydrogens (tertiary/aromatic N) is 4. The normalized spacial score (nSPS) is 14.2. The van der Waals surface area contributed by atoms with Crippen LogP contribution in [0.1, 0.15) is 22.2 Å². The van der Waals surface area contributed by atoms with Crippen LogP contribution >= 0.6 is 11.3 Å². The number of carbonyl (C=O) groups excluding carboxylic acids is 1. The van der Waals surface area contributed by atoms with Gasteiger partial charge in [-0.25, -0.2) is 5.11 Å². The van der Waals surface area contributed by atoms with E-state index in [0.717, 1.165) is 27.8 Å². The molecule has 1 radical (unpaired) electrons. The molecular weight excluding hydrogens is 420 g/mol. The molecule has 1 aliphatic heterocycles. The van der Waals surface area contributed by atoms with Gasteiger partial charge in [0.05, 0.1) is 5.39 Å². The Morgan fingerprint density at radius 2 is 1.69 bits per heavy atom. The van der Waals surface area contributed by atoms with Crippen LogP contribution in [-0.4, -0.2) is 47.0 Å². The van der Waals surface area contributed by atoms with Gasteiger partial charge in [0, 0.05) is 36.6 Å². The van der Waals surface area contributed by atoms with Gasteiger partial charge in [0.1, 0.15) is 10.6 Å². The lowest BCUT2D eigenvalue weighted by Gasteiger charge is -2.35. The number of aryl methyl sites for hydroxylation is 1. The maximum absolute atomic E-state index is 13.2. The quantitative estimate of drug-likeness (QED) is 0.444. The number of anilines is 1. The number of hydrogen-bond acceptors (Lipinski definition) is 5. The molecular formula is C25H23N4O2S. The summed E-state index contributed by atoms with van der Waals surface area (Å²) in [6, 6.07) is 19.5. The molecule has 1 fully saturated rings. The van der Waals surface area contributed by atoms with Gasteiger partial charge in [-0.1, -0.05) is 49.4 Å². The van der Waals surface area contributed by atoms with Gasteiger partial charge >= 0.3 is 6.01 Å². The third-order valence-corrected chi connectivity index (χ3v) is 7.01. The fourth-order valence-corrected chi connectivity index (χ4v) is 5.07. The van der Waals surface area contributed by atoms with Gasteiger partial charge in [-0.3, -0.25) is 4.79 Å². The van der Waals surface area contributed by atoms with Crippen LogP contribution in [0.4, 0.5) is 5.82 Å². The van der Waals surface area contributed by atoms with Crippen LogP contribution in [-0.2, 0) is 11.5 Å². The first-order valence-corrected chi connectivity index (χ1v) is 11.6. The van der Waals surface area contributed by atoms with Crippen molar-refractivity contribution in [1.82, 2.24) is 14.9 Å². The average molecular weight is 444 g/mol. The molecule has 1 aliphatic rings. The highest BCUT2D eigenvalue weighted by atomic mass is 32.1. The van der Waals surface area contributed by atoms with Crippen LogP contribution in [0.25, 0.3) is 21.3 Å². The number of piperazine rings is 1. The number of aromatic nitrogens is 2. The molecule has 161 valence electrons. The van der Waals surface area contributed by atoms with Gasteiger partial charge in [-0.15, -0.1) is 11.3 Å². The number of carbonyl (C=O) groups is 1. The predicted octanol–water partition coefficient (Wildman–Crippen LogP) is 5.03. The average Bonchev–Trinajstić information content (AvgIpc) is 3.27. The summed E-state index contributed by atoms with van der Waals surface area (Å²) in [6.07, 6.45) is 0.902. The molecule has 32 heavy (non-hydrogen) atoms. The molecule has 6 nitrogen and oxygen atoms in total. The van der Waals surface area contributed by atoms with Crippen molar-refractivity contribution >= 4 is 33.3 Å². The summed E-state index contributed by atoms with van der Waals surface area (Å²) >= 11 is 1.55. The summed E-state index contributed by atoms with van der Waals surface area (Å²) in [7, 11) is 0. The molecule has 0 saturated carbocycles. The lowest BCUT2D eigenvalue weighted by atomic mass is 10.0. The molecule has 0 aliphatic carbocycles. The Kier molecular flexibility index (Phi) is 5.49. The Balaban J connectivity index is 1.33. The van der Waals surface area contributed by atoms with E-state index in [9.17, 15) is 9.90 Å². The maximum atomic E-state index is 13.2. The molecule has 7 heteroatoms. The molecule has 1 amide bonds. The van der Waals surface area contributed by atoms with Crippen molar-refractivity contribution in [3.05, 3.63) is 71.1 Å². The van der Waals surface area contributed by atoms with Gasteiger partial charge < -0.3 is 9.80 Å². The molecule has 2 aromatic carbocycles. The van der Waals surface area contributed by atoms with E-state index in [2.05, 4.69) is 27.9 Å². The van der Waals surface area contributed by atoms with E-state index >= 15 is 0 Å². The summed E-state index contributed by atoms with van der Waals surface area (Å²) in [5, 5.41) is 13.0. The second-order valence-electron chi connectivity index (χ2n) is 7.84. The highest BCUT2D eigenvalue weighted by Gasteiger charge is 2.25. The zero-order valence-corrected chi connectivity index (χ0v) is 18.6. The van der Waals surface area contributed by atoms with E-state index in [1.807, 2.05) is 59.5 Å². The molecule has 0 unspecified atom stereocenters. The third-order valence-electron chi connectivity index (χ3n) is 5.83.